The number of hydrogen-bond donors (Lipinski definition) is 2. The maximum absolute atomic E-state index is 11.8. The molecule has 23 heavy (non-hydrogen) atoms. The van der Waals surface area contributed by atoms with Gasteiger partial charge >= 0.3 is 5.97 Å². The first-order chi connectivity index (χ1) is 10.9. The quantitative estimate of drug-likeness (QED) is 0.637. The van der Waals surface area contributed by atoms with Crippen LogP contribution in [0.2, 0.25) is 0 Å². The third-order valence-corrected chi connectivity index (χ3v) is 4.51. The van der Waals surface area contributed by atoms with Crippen molar-refractivity contribution in [3.05, 3.63) is 34.0 Å². The zero-order chi connectivity index (χ0) is 17.0. The van der Waals surface area contributed by atoms with Gasteiger partial charge in [-0.05, 0) is 39.1 Å². The van der Waals surface area contributed by atoms with E-state index in [1.165, 1.54) is 18.4 Å². The summed E-state index contributed by atoms with van der Waals surface area (Å²) >= 11 is 6.77. The predicted molar refractivity (Wildman–Crippen MR) is 96.1 cm³/mol. The Hall–Kier alpha value is -1.93. The van der Waals surface area contributed by atoms with Crippen molar-refractivity contribution >= 4 is 39.6 Å². The Morgan fingerprint density at radius 1 is 1.48 bits per heavy atom. The van der Waals surface area contributed by atoms with Crippen LogP contribution in [0.3, 0.4) is 0 Å². The number of rotatable bonds is 5. The van der Waals surface area contributed by atoms with E-state index >= 15 is 0 Å². The molecular weight excluding hydrogens is 332 g/mol. The largest absolute Gasteiger partial charge is 0.465 e. The number of nitrogens with zero attached hydrogens (tertiary/aromatic N) is 2. The molecule has 2 aromatic rings. The second kappa shape index (κ2) is 7.56. The molecule has 2 rings (SSSR count). The molecular formula is C15H20N4O2S2. The molecule has 2 heterocycles. The van der Waals surface area contributed by atoms with Crippen molar-refractivity contribution in [3.8, 4) is 0 Å². The molecule has 2 aromatic heterocycles. The van der Waals surface area contributed by atoms with Gasteiger partial charge < -0.3 is 15.4 Å². The summed E-state index contributed by atoms with van der Waals surface area (Å²) in [6.45, 7) is 7.36. The summed E-state index contributed by atoms with van der Waals surface area (Å²) in [7, 11) is 1.36. The first-order valence-electron chi connectivity index (χ1n) is 7.21. The first kappa shape index (κ1) is 17.4. The molecule has 0 amide bonds. The monoisotopic (exact) mass is 352 g/mol. The predicted octanol–water partition coefficient (Wildman–Crippen LogP) is 2.85. The zero-order valence-electron chi connectivity index (χ0n) is 13.6. The molecule has 0 aliphatic rings. The maximum atomic E-state index is 11.8. The highest BCUT2D eigenvalue weighted by Gasteiger charge is 2.16. The Balaban J connectivity index is 2.00. The summed E-state index contributed by atoms with van der Waals surface area (Å²) in [6.07, 6.45) is 2.00. The summed E-state index contributed by atoms with van der Waals surface area (Å²) in [4.78, 5) is 12.8. The molecule has 0 unspecified atom stereocenters. The van der Waals surface area contributed by atoms with Gasteiger partial charge in [0.15, 0.2) is 5.11 Å². The minimum Gasteiger partial charge on any atom is -0.465 e. The summed E-state index contributed by atoms with van der Waals surface area (Å²) in [6, 6.07) is 1.79. The number of esters is 1. The first-order valence-corrected chi connectivity index (χ1v) is 8.43. The van der Waals surface area contributed by atoms with Crippen molar-refractivity contribution in [2.24, 2.45) is 0 Å². The Kier molecular flexibility index (Phi) is 5.73. The second-order valence-corrected chi connectivity index (χ2v) is 6.66. The molecule has 0 bridgehead atoms. The lowest BCUT2D eigenvalue weighted by atomic mass is 10.2. The minimum absolute atomic E-state index is 0.375. The van der Waals surface area contributed by atoms with Crippen molar-refractivity contribution in [2.45, 2.75) is 33.9 Å². The van der Waals surface area contributed by atoms with Gasteiger partial charge in [0, 0.05) is 29.7 Å². The van der Waals surface area contributed by atoms with E-state index in [1.54, 1.807) is 6.07 Å². The average molecular weight is 352 g/mol. The van der Waals surface area contributed by atoms with Crippen molar-refractivity contribution < 1.29 is 9.53 Å². The van der Waals surface area contributed by atoms with E-state index in [0.717, 1.165) is 22.7 Å². The van der Waals surface area contributed by atoms with Crippen LogP contribution in [0.4, 0.5) is 5.00 Å². The highest BCUT2D eigenvalue weighted by Crippen LogP contribution is 2.28. The number of thiophene rings is 1. The van der Waals surface area contributed by atoms with Crippen LogP contribution in [0.5, 0.6) is 0 Å². The molecule has 0 radical (unpaired) electrons. The lowest BCUT2D eigenvalue weighted by Crippen LogP contribution is -2.28. The van der Waals surface area contributed by atoms with E-state index in [2.05, 4.69) is 15.7 Å². The Morgan fingerprint density at radius 3 is 2.83 bits per heavy atom. The van der Waals surface area contributed by atoms with E-state index in [-0.39, 0.29) is 5.97 Å². The highest BCUT2D eigenvalue weighted by atomic mass is 32.1. The highest BCUT2D eigenvalue weighted by molar-refractivity contribution is 7.80. The molecule has 0 saturated carbocycles. The Morgan fingerprint density at radius 2 is 2.22 bits per heavy atom. The van der Waals surface area contributed by atoms with E-state index in [4.69, 9.17) is 17.0 Å². The van der Waals surface area contributed by atoms with Gasteiger partial charge in [0.1, 0.15) is 5.00 Å². The van der Waals surface area contributed by atoms with Crippen LogP contribution in [0.15, 0.2) is 12.3 Å². The lowest BCUT2D eigenvalue weighted by molar-refractivity contribution is 0.0602. The van der Waals surface area contributed by atoms with Gasteiger partial charge in [-0.15, -0.1) is 11.3 Å². The number of thiocarbonyl (C=S) groups is 1. The molecule has 0 aliphatic heterocycles. The molecule has 0 spiro atoms. The van der Waals surface area contributed by atoms with Crippen LogP contribution in [0, 0.1) is 13.8 Å². The number of carbonyl (C=O) groups is 1. The minimum atomic E-state index is -0.375. The van der Waals surface area contributed by atoms with Gasteiger partial charge in [-0.1, -0.05) is 0 Å². The fraction of sp³-hybridized carbons (Fsp3) is 0.400. The van der Waals surface area contributed by atoms with Gasteiger partial charge in [0.25, 0.3) is 0 Å². The molecule has 0 fully saturated rings. The Bertz CT molecular complexity index is 721. The standard InChI is InChI=1S/C15H20N4O2S2/c1-5-19-8-11(10(3)18-19)7-16-15(22)17-13-12(14(20)21-4)6-9(2)23-13/h6,8H,5,7H2,1-4H3,(H2,16,17,22). The molecule has 124 valence electrons. The molecule has 6 nitrogen and oxygen atoms in total. The van der Waals surface area contributed by atoms with E-state index in [1.807, 2.05) is 31.6 Å². The van der Waals surface area contributed by atoms with Crippen LogP contribution < -0.4 is 10.6 Å². The van der Waals surface area contributed by atoms with Gasteiger partial charge in [-0.3, -0.25) is 4.68 Å². The van der Waals surface area contributed by atoms with Crippen molar-refractivity contribution in [1.29, 1.82) is 0 Å². The van der Waals surface area contributed by atoms with E-state index in [9.17, 15) is 4.79 Å². The number of methoxy groups -OCH3 is 1. The molecule has 0 aliphatic carbocycles. The van der Waals surface area contributed by atoms with Gasteiger partial charge in [-0.2, -0.15) is 5.10 Å². The topological polar surface area (TPSA) is 68.2 Å². The number of anilines is 1. The normalized spacial score (nSPS) is 10.4. The number of aryl methyl sites for hydroxylation is 3. The number of nitrogens with one attached hydrogen (secondary N) is 2. The van der Waals surface area contributed by atoms with Gasteiger partial charge in [-0.25, -0.2) is 4.79 Å². The lowest BCUT2D eigenvalue weighted by Gasteiger charge is -2.10. The molecule has 2 N–H and O–H groups in total. The number of carbonyl (C=O) groups excluding carboxylic acids is 1. The maximum Gasteiger partial charge on any atom is 0.340 e. The van der Waals surface area contributed by atoms with Gasteiger partial charge in [0.05, 0.1) is 18.4 Å². The summed E-state index contributed by atoms with van der Waals surface area (Å²) < 4.78 is 6.67. The van der Waals surface area contributed by atoms with E-state index < -0.39 is 0 Å². The smallest absolute Gasteiger partial charge is 0.340 e. The van der Waals surface area contributed by atoms with Crippen molar-refractivity contribution in [3.63, 3.8) is 0 Å². The third kappa shape index (κ3) is 4.29. The average Bonchev–Trinajstić information content (AvgIpc) is 3.07. The SMILES string of the molecule is CCn1cc(CNC(=S)Nc2sc(C)cc2C(=O)OC)c(C)n1. The van der Waals surface area contributed by atoms with Gasteiger partial charge in [0.2, 0.25) is 0 Å². The molecule has 0 saturated heterocycles. The van der Waals surface area contributed by atoms with Crippen molar-refractivity contribution in [2.75, 3.05) is 12.4 Å². The van der Waals surface area contributed by atoms with Crippen molar-refractivity contribution in [1.82, 2.24) is 15.1 Å². The Labute approximate surface area is 144 Å². The van der Waals surface area contributed by atoms with Crippen LogP contribution in [-0.4, -0.2) is 28.0 Å². The molecule has 0 atom stereocenters. The van der Waals surface area contributed by atoms with Crippen LogP contribution in [-0.2, 0) is 17.8 Å². The molecule has 0 aromatic carbocycles. The second-order valence-electron chi connectivity index (χ2n) is 4.99. The summed E-state index contributed by atoms with van der Waals surface area (Å²) in [5.41, 5.74) is 2.56. The zero-order valence-corrected chi connectivity index (χ0v) is 15.2. The van der Waals surface area contributed by atoms with Crippen LogP contribution >= 0.6 is 23.6 Å². The van der Waals surface area contributed by atoms with Crippen LogP contribution in [0.25, 0.3) is 0 Å². The molecule has 8 heteroatoms. The third-order valence-electron chi connectivity index (χ3n) is 3.30. The fourth-order valence-electron chi connectivity index (χ4n) is 2.09. The summed E-state index contributed by atoms with van der Waals surface area (Å²) in [5.74, 6) is -0.375. The van der Waals surface area contributed by atoms with E-state index in [0.29, 0.717) is 22.2 Å². The fourth-order valence-corrected chi connectivity index (χ4v) is 3.23. The van der Waals surface area contributed by atoms with Crippen LogP contribution in [0.1, 0.15) is 33.4 Å². The number of hydrogen-bond acceptors (Lipinski definition) is 5. The number of aromatic nitrogens is 2. The number of ether oxygens (including phenoxy) is 1. The summed E-state index contributed by atoms with van der Waals surface area (Å²) in [5, 5.41) is 11.8.